The van der Waals surface area contributed by atoms with Crippen molar-refractivity contribution in [2.75, 3.05) is 65.4 Å². The Morgan fingerprint density at radius 2 is 0.557 bits per heavy atom. The van der Waals surface area contributed by atoms with Gasteiger partial charge in [0.15, 0.2) is 0 Å². The van der Waals surface area contributed by atoms with E-state index >= 15 is 0 Å². The second-order valence-electron chi connectivity index (χ2n) is 39.0. The Morgan fingerprint density at radius 3 is 0.826 bits per heavy atom. The van der Waals surface area contributed by atoms with Crippen LogP contribution in [-0.4, -0.2) is 202 Å². The molecule has 0 spiro atoms. The molecule has 6 aliphatic rings. The third-order valence-corrected chi connectivity index (χ3v) is 27.7. The molecule has 0 radical (unpaired) electrons. The van der Waals surface area contributed by atoms with Gasteiger partial charge in [-0.25, -0.2) is 0 Å². The predicted octanol–water partition coefficient (Wildman–Crippen LogP) is 21.5. The first-order valence-corrected chi connectivity index (χ1v) is 50.2. The van der Waals surface area contributed by atoms with E-state index in [9.17, 15) is 24.0 Å². The number of furan rings is 1. The summed E-state index contributed by atoms with van der Waals surface area (Å²) < 4.78 is 38.4. The summed E-state index contributed by atoms with van der Waals surface area (Å²) in [5, 5.41) is 65.4. The number of benzene rings is 11. The number of rotatable bonds is 32. The normalized spacial score (nSPS) is 15.4. The number of aromatic nitrogens is 10. The van der Waals surface area contributed by atoms with E-state index in [2.05, 4.69) is 138 Å². The first-order chi connectivity index (χ1) is 72.5. The van der Waals surface area contributed by atoms with Crippen LogP contribution >= 0.6 is 0 Å². The van der Waals surface area contributed by atoms with Crippen molar-refractivity contribution >= 4 is 29.8 Å². The molecule has 17 aromatic rings. The molecule has 5 aliphatic heterocycles. The van der Waals surface area contributed by atoms with Gasteiger partial charge in [-0.05, 0) is 180 Å². The van der Waals surface area contributed by atoms with Crippen molar-refractivity contribution in [1.29, 1.82) is 0 Å². The van der Waals surface area contributed by atoms with Gasteiger partial charge in [0.1, 0.15) is 11.5 Å². The smallest absolute Gasteiger partial charge is 0.309 e. The first-order valence-electron chi connectivity index (χ1n) is 50.2. The molecule has 11 heterocycles. The van der Waals surface area contributed by atoms with Crippen molar-refractivity contribution in [3.63, 3.8) is 0 Å². The van der Waals surface area contributed by atoms with Crippen LogP contribution < -0.4 is 4.74 Å². The fourth-order valence-corrected chi connectivity index (χ4v) is 18.6. The summed E-state index contributed by atoms with van der Waals surface area (Å²) in [4.78, 5) is 87.8. The van der Waals surface area contributed by atoms with Crippen LogP contribution in [-0.2, 0) is 56.7 Å². The Bertz CT molecular complexity index is 7310. The molecule has 0 amide bonds. The van der Waals surface area contributed by atoms with E-state index in [-0.39, 0.29) is 35.7 Å². The number of carbonyl (C=O) groups is 5. The number of aliphatic carboxylic acids is 5. The summed E-state index contributed by atoms with van der Waals surface area (Å²) in [6.45, 7) is 18.2. The van der Waals surface area contributed by atoms with E-state index in [1.54, 1.807) is 6.26 Å². The van der Waals surface area contributed by atoms with Gasteiger partial charge < -0.3 is 57.3 Å². The van der Waals surface area contributed by atoms with E-state index in [1.807, 2.05) is 250 Å². The lowest BCUT2D eigenvalue weighted by molar-refractivity contribution is -0.148. The minimum atomic E-state index is -0.717. The van der Waals surface area contributed by atoms with Gasteiger partial charge in [-0.3, -0.25) is 48.5 Å². The van der Waals surface area contributed by atoms with Crippen molar-refractivity contribution < 1.29 is 81.3 Å². The number of carboxylic acids is 5. The third kappa shape index (κ3) is 25.7. The SMILES string of the molecule is CC(C)Oc1ccc(-c2nc(-c3ccc(CN4CC(C(=O)O)C4)cc3)no2)cc1.CCC(C)c1ccc(-c2nc(-c3ccc(CN4CC(C(=O)O)C4)cc3)no2)cc1.O=C(O)C1CN(Cc2ccc(-c3noc(-c4ccc(-c5ccccc5)cc4)n3)cc2)C1.O=C(O)C1CN(Cc2ccc(-c3noc(-c4ccc(-c5ccco5)cc4)n3)cc2)C1.O=C(O)C1CN(Cc2ccc(-c3noc(-c4ccc(C5CCCC5)cc4)n3)cc2)C1. The molecule has 1 unspecified atom stereocenters. The Hall–Kier alpha value is -16.7. The van der Waals surface area contributed by atoms with E-state index in [0.29, 0.717) is 136 Å². The quantitative estimate of drug-likeness (QED) is 0.0261. The van der Waals surface area contributed by atoms with E-state index < -0.39 is 29.8 Å². The second-order valence-corrected chi connectivity index (χ2v) is 39.0. The van der Waals surface area contributed by atoms with Gasteiger partial charge in [-0.2, -0.15) is 24.9 Å². The molecule has 23 rings (SSSR count). The fourth-order valence-electron chi connectivity index (χ4n) is 18.6. The van der Waals surface area contributed by atoms with Gasteiger partial charge in [0.05, 0.1) is 42.0 Å². The Labute approximate surface area is 859 Å². The minimum absolute atomic E-state index is 0.124. The van der Waals surface area contributed by atoms with Crippen LogP contribution in [0.5, 0.6) is 5.75 Å². The zero-order valence-corrected chi connectivity index (χ0v) is 82.8. The molecule has 6 fully saturated rings. The van der Waals surface area contributed by atoms with Crippen molar-refractivity contribution in [1.82, 2.24) is 75.2 Å². The largest absolute Gasteiger partial charge is 0.491 e. The summed E-state index contributed by atoms with van der Waals surface area (Å²) in [5.74, 6) is 3.30. The molecule has 1 aliphatic carbocycles. The molecule has 758 valence electrons. The highest BCUT2D eigenvalue weighted by Gasteiger charge is 2.37. The lowest BCUT2D eigenvalue weighted by Gasteiger charge is -2.36. The molecular formula is C117H113N15O17. The molecular weight excluding hydrogens is 1890 g/mol. The van der Waals surface area contributed by atoms with Gasteiger partial charge >= 0.3 is 29.8 Å². The molecule has 5 N–H and O–H groups in total. The zero-order valence-electron chi connectivity index (χ0n) is 82.8. The molecule has 0 bridgehead atoms. The molecule has 1 atom stereocenters. The lowest BCUT2D eigenvalue weighted by atomic mass is 9.97. The van der Waals surface area contributed by atoms with Crippen LogP contribution in [0.4, 0.5) is 0 Å². The number of nitrogens with zero attached hydrogens (tertiary/aromatic N) is 15. The van der Waals surface area contributed by atoms with Gasteiger partial charge in [0.2, 0.25) is 29.1 Å². The maximum absolute atomic E-state index is 10.9. The van der Waals surface area contributed by atoms with Crippen molar-refractivity contribution in [3.05, 3.63) is 330 Å². The molecule has 6 aromatic heterocycles. The highest BCUT2D eigenvalue weighted by Crippen LogP contribution is 2.38. The monoisotopic (exact) mass is 2000 g/mol. The van der Waals surface area contributed by atoms with Gasteiger partial charge in [-0.15, -0.1) is 0 Å². The number of hydrogen-bond acceptors (Lipinski definition) is 27. The van der Waals surface area contributed by atoms with Crippen LogP contribution in [0.25, 0.3) is 137 Å². The lowest BCUT2D eigenvalue weighted by Crippen LogP contribution is -2.49. The number of ether oxygens (including phenoxy) is 1. The molecule has 32 nitrogen and oxygen atoms in total. The van der Waals surface area contributed by atoms with Crippen LogP contribution in [0.3, 0.4) is 0 Å². The molecule has 149 heavy (non-hydrogen) atoms. The molecule has 32 heteroatoms. The standard InChI is InChI=1S/C25H21N3O3.C24H25N3O3.C23H19N3O4.C23H25N3O3.C22H23N3O4/c29-25(30)22-15-28(16-22)14-17-6-8-20(9-7-17)23-26-24(31-27-23)21-12-10-19(11-13-21)18-4-2-1-3-5-18;28-24(29)21-14-27(15-21)13-16-5-7-19(8-6-16)22-25-23(30-26-22)20-11-9-18(10-12-20)17-3-1-2-4-17;27-23(28)19-13-26(14-19)12-15-3-5-17(6-4-15)21-24-22(30-25-21)18-9-7-16(8-10-18)20-2-1-11-29-20;1-3-15(2)17-8-10-19(11-9-17)22-24-21(25-29-22)18-6-4-16(5-7-18)12-26-13-20(14-26)23(27)28;1-14(2)28-19-9-7-17(8-10-19)21-23-20(24-29-21)16-5-3-15(4-6-16)11-25-12-18(13-25)22(26)27/h1-13,22H,14-16H2,(H,29,30);5-12,17,21H,1-4,13-15H2,(H,28,29);1-11,19H,12-14H2,(H,27,28);4-11,15,20H,3,12-14H2,1-2H3,(H,27,28);3-10,14,18H,11-13H2,1-2H3,(H,26,27). The average molecular weight is 2000 g/mol. The Kier molecular flexibility index (Phi) is 31.7. The van der Waals surface area contributed by atoms with Crippen LogP contribution in [0.15, 0.2) is 318 Å². The third-order valence-electron chi connectivity index (χ3n) is 27.7. The summed E-state index contributed by atoms with van der Waals surface area (Å²) in [7, 11) is 0. The maximum Gasteiger partial charge on any atom is 0.309 e. The fraction of sp³-hybridized carbons (Fsp3) is 0.274. The number of carboxylic acid groups (broad SMARTS) is 5. The Balaban J connectivity index is 0.000000117. The van der Waals surface area contributed by atoms with Crippen molar-refractivity contribution in [2.24, 2.45) is 29.6 Å². The minimum Gasteiger partial charge on any atom is -0.491 e. The number of hydrogen-bond donors (Lipinski definition) is 5. The van der Waals surface area contributed by atoms with Gasteiger partial charge in [-0.1, -0.05) is 253 Å². The summed E-state index contributed by atoms with van der Waals surface area (Å²) in [6, 6.07) is 94.1. The highest BCUT2D eigenvalue weighted by atomic mass is 16.5. The van der Waals surface area contributed by atoms with Crippen LogP contribution in [0, 0.1) is 29.6 Å². The summed E-state index contributed by atoms with van der Waals surface area (Å²) in [6.07, 6.45) is 8.12. The van der Waals surface area contributed by atoms with E-state index in [0.717, 1.165) is 151 Å². The summed E-state index contributed by atoms with van der Waals surface area (Å²) >= 11 is 0. The van der Waals surface area contributed by atoms with E-state index in [1.165, 1.54) is 36.8 Å². The van der Waals surface area contributed by atoms with Crippen molar-refractivity contribution in [2.45, 2.75) is 110 Å². The van der Waals surface area contributed by atoms with Gasteiger partial charge in [0.25, 0.3) is 29.5 Å². The van der Waals surface area contributed by atoms with Crippen LogP contribution in [0.1, 0.15) is 111 Å². The zero-order chi connectivity index (χ0) is 103. The average Bonchev–Trinajstić information content (AvgIpc) is 1.79. The Morgan fingerprint density at radius 1 is 0.302 bits per heavy atom. The summed E-state index contributed by atoms with van der Waals surface area (Å²) in [5.41, 5.74) is 20.5. The van der Waals surface area contributed by atoms with Crippen LogP contribution in [0.2, 0.25) is 0 Å². The molecule has 1 saturated carbocycles. The van der Waals surface area contributed by atoms with Crippen molar-refractivity contribution in [3.8, 4) is 142 Å². The number of likely N-dealkylation sites (tertiary alicyclic amines) is 5. The van der Waals surface area contributed by atoms with Gasteiger partial charge in [0, 0.05) is 159 Å². The second kappa shape index (κ2) is 46.8. The first kappa shape index (κ1) is 101. The maximum atomic E-state index is 10.9. The predicted molar refractivity (Wildman–Crippen MR) is 557 cm³/mol. The molecule has 5 saturated heterocycles. The van der Waals surface area contributed by atoms with E-state index in [4.69, 9.17) is 57.3 Å². The topological polar surface area (TPSA) is 420 Å². The highest BCUT2D eigenvalue weighted by molar-refractivity contribution is 5.76. The molecule has 11 aromatic carbocycles.